The Morgan fingerprint density at radius 1 is 1.00 bits per heavy atom. The molecule has 19 heavy (non-hydrogen) atoms. The zero-order valence-corrected chi connectivity index (χ0v) is 10.9. The molecule has 2 atom stereocenters. The Bertz CT molecular complexity index is 498. The van der Waals surface area contributed by atoms with Gasteiger partial charge < -0.3 is 10.4 Å². The van der Waals surface area contributed by atoms with Gasteiger partial charge in [-0.1, -0.05) is 42.5 Å². The van der Waals surface area contributed by atoms with Gasteiger partial charge >= 0.3 is 0 Å². The first-order chi connectivity index (χ1) is 9.22. The lowest BCUT2D eigenvalue weighted by molar-refractivity contribution is 0.144. The molecule has 2 nitrogen and oxygen atoms in total. The first-order valence-electron chi connectivity index (χ1n) is 6.35. The summed E-state index contributed by atoms with van der Waals surface area (Å²) in [5, 5.41) is 13.6. The van der Waals surface area contributed by atoms with Crippen molar-refractivity contribution >= 4 is 0 Å². The predicted octanol–water partition coefficient (Wildman–Crippen LogP) is 2.86. The second-order valence-electron chi connectivity index (χ2n) is 4.57. The van der Waals surface area contributed by atoms with Gasteiger partial charge in [0.15, 0.2) is 0 Å². The smallest absolute Gasteiger partial charge is 0.123 e. The van der Waals surface area contributed by atoms with E-state index in [1.54, 1.807) is 12.1 Å². The molecule has 0 aliphatic heterocycles. The van der Waals surface area contributed by atoms with E-state index in [4.69, 9.17) is 0 Å². The van der Waals surface area contributed by atoms with E-state index in [2.05, 4.69) is 5.32 Å². The largest absolute Gasteiger partial charge is 0.388 e. The van der Waals surface area contributed by atoms with Crippen molar-refractivity contribution in [3.8, 4) is 0 Å². The molecule has 0 spiro atoms. The number of benzene rings is 2. The summed E-state index contributed by atoms with van der Waals surface area (Å²) in [5.41, 5.74) is 1.79. The van der Waals surface area contributed by atoms with E-state index >= 15 is 0 Å². The fraction of sp³-hybridized carbons (Fsp3) is 0.250. The van der Waals surface area contributed by atoms with Crippen molar-refractivity contribution in [3.05, 3.63) is 71.5 Å². The number of nitrogens with one attached hydrogen (secondary N) is 1. The van der Waals surface area contributed by atoms with E-state index in [-0.39, 0.29) is 11.7 Å². The van der Waals surface area contributed by atoms with Crippen LogP contribution in [0, 0.1) is 5.82 Å². The molecule has 0 heterocycles. The van der Waals surface area contributed by atoms with Crippen LogP contribution in [0.1, 0.15) is 23.1 Å². The molecule has 0 aliphatic rings. The monoisotopic (exact) mass is 259 g/mol. The Hall–Kier alpha value is -1.71. The third-order valence-corrected chi connectivity index (χ3v) is 3.24. The summed E-state index contributed by atoms with van der Waals surface area (Å²) in [4.78, 5) is 0. The number of hydrogen-bond donors (Lipinski definition) is 2. The SMILES string of the molecule is CNC[C@@H](c1ccccc1)[C@H](O)c1ccc(F)cc1. The standard InChI is InChI=1S/C16H18FNO/c1-18-11-15(12-5-3-2-4-6-12)16(19)13-7-9-14(17)10-8-13/h2-10,15-16,18-19H,11H2,1H3/t15-,16+/m0/s1. The summed E-state index contributed by atoms with van der Waals surface area (Å²) in [6.45, 7) is 0.655. The van der Waals surface area contributed by atoms with Gasteiger partial charge in [-0.2, -0.15) is 0 Å². The first kappa shape index (κ1) is 13.7. The van der Waals surface area contributed by atoms with Crippen LogP contribution in [0.3, 0.4) is 0 Å². The van der Waals surface area contributed by atoms with Crippen molar-refractivity contribution in [2.45, 2.75) is 12.0 Å². The average molecular weight is 259 g/mol. The number of rotatable bonds is 5. The molecule has 2 aromatic rings. The summed E-state index contributed by atoms with van der Waals surface area (Å²) in [6.07, 6.45) is -0.657. The summed E-state index contributed by atoms with van der Waals surface area (Å²) in [6, 6.07) is 15.9. The second-order valence-corrected chi connectivity index (χ2v) is 4.57. The number of hydrogen-bond acceptors (Lipinski definition) is 2. The maximum Gasteiger partial charge on any atom is 0.123 e. The van der Waals surface area contributed by atoms with Gasteiger partial charge in [-0.15, -0.1) is 0 Å². The minimum absolute atomic E-state index is 0.0586. The minimum Gasteiger partial charge on any atom is -0.388 e. The van der Waals surface area contributed by atoms with Gasteiger partial charge in [0, 0.05) is 12.5 Å². The molecule has 0 bridgehead atoms. The fourth-order valence-electron chi connectivity index (χ4n) is 2.22. The van der Waals surface area contributed by atoms with E-state index < -0.39 is 6.10 Å². The Balaban J connectivity index is 2.26. The molecule has 3 heteroatoms. The van der Waals surface area contributed by atoms with Crippen LogP contribution in [0.15, 0.2) is 54.6 Å². The molecule has 2 N–H and O–H groups in total. The van der Waals surface area contributed by atoms with Crippen LogP contribution in [-0.4, -0.2) is 18.7 Å². The highest BCUT2D eigenvalue weighted by Crippen LogP contribution is 2.30. The van der Waals surface area contributed by atoms with Crippen LogP contribution in [0.5, 0.6) is 0 Å². The molecule has 100 valence electrons. The molecule has 0 saturated heterocycles. The van der Waals surface area contributed by atoms with Gasteiger partial charge in [-0.05, 0) is 30.3 Å². The summed E-state index contributed by atoms with van der Waals surface area (Å²) >= 11 is 0. The van der Waals surface area contributed by atoms with Crippen molar-refractivity contribution in [2.75, 3.05) is 13.6 Å². The topological polar surface area (TPSA) is 32.3 Å². The molecule has 0 amide bonds. The van der Waals surface area contributed by atoms with Crippen LogP contribution in [0.25, 0.3) is 0 Å². The van der Waals surface area contributed by atoms with Crippen molar-refractivity contribution in [2.24, 2.45) is 0 Å². The fourth-order valence-corrected chi connectivity index (χ4v) is 2.22. The molecule has 0 aliphatic carbocycles. The number of aliphatic hydroxyl groups is 1. The highest BCUT2D eigenvalue weighted by atomic mass is 19.1. The maximum atomic E-state index is 12.9. The van der Waals surface area contributed by atoms with Gasteiger partial charge in [-0.3, -0.25) is 0 Å². The summed E-state index contributed by atoms with van der Waals surface area (Å²) in [7, 11) is 1.85. The van der Waals surface area contributed by atoms with Crippen LogP contribution < -0.4 is 5.32 Å². The van der Waals surface area contributed by atoms with E-state index in [1.807, 2.05) is 37.4 Å². The first-order valence-corrected chi connectivity index (χ1v) is 6.35. The van der Waals surface area contributed by atoms with Crippen molar-refractivity contribution in [3.63, 3.8) is 0 Å². The van der Waals surface area contributed by atoms with Gasteiger partial charge in [0.25, 0.3) is 0 Å². The molecule has 0 fully saturated rings. The maximum absolute atomic E-state index is 12.9. The minimum atomic E-state index is -0.657. The van der Waals surface area contributed by atoms with Crippen LogP contribution in [0.2, 0.25) is 0 Å². The molecule has 0 unspecified atom stereocenters. The molecular weight excluding hydrogens is 241 g/mol. The summed E-state index contributed by atoms with van der Waals surface area (Å²) in [5.74, 6) is -0.350. The van der Waals surface area contributed by atoms with Crippen LogP contribution in [-0.2, 0) is 0 Å². The normalized spacial score (nSPS) is 14.1. The molecule has 2 rings (SSSR count). The highest BCUT2D eigenvalue weighted by Gasteiger charge is 2.21. The molecule has 2 aromatic carbocycles. The van der Waals surface area contributed by atoms with E-state index in [0.717, 1.165) is 11.1 Å². The second kappa shape index (κ2) is 6.45. The van der Waals surface area contributed by atoms with Crippen LogP contribution in [0.4, 0.5) is 4.39 Å². The van der Waals surface area contributed by atoms with Gasteiger partial charge in [0.1, 0.15) is 5.82 Å². The molecule has 0 saturated carbocycles. The van der Waals surface area contributed by atoms with E-state index in [0.29, 0.717) is 6.54 Å². The quantitative estimate of drug-likeness (QED) is 0.865. The third kappa shape index (κ3) is 3.40. The molecule has 0 radical (unpaired) electrons. The lowest BCUT2D eigenvalue weighted by Gasteiger charge is -2.23. The Kier molecular flexibility index (Phi) is 4.66. The highest BCUT2D eigenvalue weighted by molar-refractivity contribution is 5.27. The Morgan fingerprint density at radius 3 is 2.21 bits per heavy atom. The average Bonchev–Trinajstić information content (AvgIpc) is 2.46. The van der Waals surface area contributed by atoms with E-state index in [9.17, 15) is 9.50 Å². The van der Waals surface area contributed by atoms with E-state index in [1.165, 1.54) is 12.1 Å². The number of likely N-dealkylation sites (N-methyl/N-ethyl adjacent to an activating group) is 1. The zero-order chi connectivity index (χ0) is 13.7. The van der Waals surface area contributed by atoms with Gasteiger partial charge in [0.05, 0.1) is 6.10 Å². The van der Waals surface area contributed by atoms with Gasteiger partial charge in [-0.25, -0.2) is 4.39 Å². The lowest BCUT2D eigenvalue weighted by atomic mass is 9.89. The molecular formula is C16H18FNO. The number of halogens is 1. The lowest BCUT2D eigenvalue weighted by Crippen LogP contribution is -2.23. The van der Waals surface area contributed by atoms with Crippen molar-refractivity contribution in [1.29, 1.82) is 0 Å². The third-order valence-electron chi connectivity index (χ3n) is 3.24. The predicted molar refractivity (Wildman–Crippen MR) is 74.5 cm³/mol. The zero-order valence-electron chi connectivity index (χ0n) is 10.9. The Morgan fingerprint density at radius 2 is 1.63 bits per heavy atom. The number of aliphatic hydroxyl groups excluding tert-OH is 1. The molecule has 0 aromatic heterocycles. The summed E-state index contributed by atoms with van der Waals surface area (Å²) < 4.78 is 12.9. The Labute approximate surface area is 112 Å². The van der Waals surface area contributed by atoms with Crippen LogP contribution >= 0.6 is 0 Å². The van der Waals surface area contributed by atoms with Crippen molar-refractivity contribution in [1.82, 2.24) is 5.32 Å². The van der Waals surface area contributed by atoms with Crippen molar-refractivity contribution < 1.29 is 9.50 Å². The van der Waals surface area contributed by atoms with Gasteiger partial charge in [0.2, 0.25) is 0 Å².